The summed E-state index contributed by atoms with van der Waals surface area (Å²) < 4.78 is 6.51. The molecule has 0 radical (unpaired) electrons. The second kappa shape index (κ2) is 5.79. The van der Waals surface area contributed by atoms with Gasteiger partial charge in [0.15, 0.2) is 0 Å². The number of aromatic nitrogens is 2. The van der Waals surface area contributed by atoms with E-state index in [-0.39, 0.29) is 6.01 Å². The summed E-state index contributed by atoms with van der Waals surface area (Å²) in [5, 5.41) is 7.88. The monoisotopic (exact) mass is 327 g/mol. The molecule has 0 fully saturated rings. The van der Waals surface area contributed by atoms with E-state index >= 15 is 0 Å². The van der Waals surface area contributed by atoms with Gasteiger partial charge in [0, 0.05) is 16.3 Å². The number of halogens is 1. The molecule has 4 nitrogen and oxygen atoms in total. The van der Waals surface area contributed by atoms with Crippen molar-refractivity contribution in [2.75, 3.05) is 0 Å². The molecule has 0 unspecified atom stereocenters. The molecule has 98 valence electrons. The first-order valence-corrected chi connectivity index (χ1v) is 6.79. The van der Waals surface area contributed by atoms with Gasteiger partial charge in [-0.15, -0.1) is 5.10 Å². The molecule has 0 atom stereocenters. The average Bonchev–Trinajstić information content (AvgIpc) is 2.97. The fourth-order valence-corrected chi connectivity index (χ4v) is 1.91. The smallest absolute Gasteiger partial charge is 0.342 e. The quantitative estimate of drug-likeness (QED) is 0.676. The molecule has 0 spiro atoms. The van der Waals surface area contributed by atoms with Crippen molar-refractivity contribution in [1.29, 1.82) is 0 Å². The Bertz CT molecular complexity index is 720. The van der Waals surface area contributed by atoms with Crippen LogP contribution in [-0.2, 0) is 0 Å². The summed E-state index contributed by atoms with van der Waals surface area (Å²) in [5.74, 6) is 0.466. The fraction of sp³-hybridized carbons (Fsp3) is 0. The minimum absolute atomic E-state index is 0.242. The van der Waals surface area contributed by atoms with Gasteiger partial charge in [-0.1, -0.05) is 51.4 Å². The second-order valence-corrected chi connectivity index (χ2v) is 4.98. The van der Waals surface area contributed by atoms with Crippen molar-refractivity contribution < 1.29 is 4.42 Å². The SMILES string of the molecule is Brc1ccc(/C=N/c2nnc(-c3ccccc3)o2)cc1. The van der Waals surface area contributed by atoms with E-state index < -0.39 is 0 Å². The van der Waals surface area contributed by atoms with Crippen LogP contribution < -0.4 is 0 Å². The van der Waals surface area contributed by atoms with Crippen LogP contribution in [-0.4, -0.2) is 16.4 Å². The molecule has 0 saturated heterocycles. The van der Waals surface area contributed by atoms with Crippen molar-refractivity contribution in [2.24, 2.45) is 4.99 Å². The molecular weight excluding hydrogens is 318 g/mol. The Labute approximate surface area is 124 Å². The number of aliphatic imine (C=N–C) groups is 1. The van der Waals surface area contributed by atoms with Crippen LogP contribution in [0, 0.1) is 0 Å². The van der Waals surface area contributed by atoms with Crippen LogP contribution in [0.4, 0.5) is 6.01 Å². The lowest BCUT2D eigenvalue weighted by molar-refractivity contribution is 0.580. The Morgan fingerprint density at radius 2 is 1.70 bits per heavy atom. The van der Waals surface area contributed by atoms with Gasteiger partial charge in [0.05, 0.1) is 0 Å². The molecule has 0 aliphatic carbocycles. The van der Waals surface area contributed by atoms with E-state index in [0.29, 0.717) is 5.89 Å². The van der Waals surface area contributed by atoms with E-state index in [1.165, 1.54) is 0 Å². The van der Waals surface area contributed by atoms with E-state index in [1.807, 2.05) is 54.6 Å². The van der Waals surface area contributed by atoms with Crippen molar-refractivity contribution in [3.63, 3.8) is 0 Å². The molecule has 1 aromatic heterocycles. The van der Waals surface area contributed by atoms with Gasteiger partial charge < -0.3 is 4.42 Å². The summed E-state index contributed by atoms with van der Waals surface area (Å²) in [7, 11) is 0. The van der Waals surface area contributed by atoms with Crippen molar-refractivity contribution in [1.82, 2.24) is 10.2 Å². The summed E-state index contributed by atoms with van der Waals surface area (Å²) in [6.45, 7) is 0. The minimum Gasteiger partial charge on any atom is -0.402 e. The molecule has 3 rings (SSSR count). The first-order chi connectivity index (χ1) is 9.81. The highest BCUT2D eigenvalue weighted by molar-refractivity contribution is 9.10. The minimum atomic E-state index is 0.242. The molecule has 0 N–H and O–H groups in total. The van der Waals surface area contributed by atoms with Crippen LogP contribution in [0.2, 0.25) is 0 Å². The highest BCUT2D eigenvalue weighted by atomic mass is 79.9. The zero-order valence-electron chi connectivity index (χ0n) is 10.4. The number of hydrogen-bond acceptors (Lipinski definition) is 4. The predicted molar refractivity (Wildman–Crippen MR) is 81.1 cm³/mol. The van der Waals surface area contributed by atoms with E-state index in [2.05, 4.69) is 31.1 Å². The first-order valence-electron chi connectivity index (χ1n) is 6.00. The summed E-state index contributed by atoms with van der Waals surface area (Å²) >= 11 is 3.39. The van der Waals surface area contributed by atoms with Gasteiger partial charge in [-0.25, -0.2) is 4.99 Å². The van der Waals surface area contributed by atoms with Gasteiger partial charge >= 0.3 is 6.01 Å². The maximum atomic E-state index is 5.49. The normalized spacial score (nSPS) is 11.1. The summed E-state index contributed by atoms with van der Waals surface area (Å²) in [6.07, 6.45) is 1.69. The largest absolute Gasteiger partial charge is 0.402 e. The van der Waals surface area contributed by atoms with Crippen molar-refractivity contribution in [2.45, 2.75) is 0 Å². The molecule has 0 saturated carbocycles. The molecular formula is C15H10BrN3O. The Kier molecular flexibility index (Phi) is 3.69. The first kappa shape index (κ1) is 12.7. The number of rotatable bonds is 3. The van der Waals surface area contributed by atoms with Gasteiger partial charge in [-0.2, -0.15) is 0 Å². The van der Waals surface area contributed by atoms with Crippen LogP contribution in [0.5, 0.6) is 0 Å². The van der Waals surface area contributed by atoms with Crippen LogP contribution in [0.25, 0.3) is 11.5 Å². The van der Waals surface area contributed by atoms with E-state index in [9.17, 15) is 0 Å². The van der Waals surface area contributed by atoms with Crippen LogP contribution in [0.3, 0.4) is 0 Å². The number of benzene rings is 2. The van der Waals surface area contributed by atoms with Crippen molar-refractivity contribution in [3.8, 4) is 11.5 Å². The Hall–Kier alpha value is -2.27. The van der Waals surface area contributed by atoms with Gasteiger partial charge in [-0.3, -0.25) is 0 Å². The van der Waals surface area contributed by atoms with E-state index in [0.717, 1.165) is 15.6 Å². The highest BCUT2D eigenvalue weighted by Gasteiger charge is 2.06. The Morgan fingerprint density at radius 3 is 2.45 bits per heavy atom. The summed E-state index contributed by atoms with van der Waals surface area (Å²) in [5.41, 5.74) is 1.85. The van der Waals surface area contributed by atoms with Crippen LogP contribution in [0.1, 0.15) is 5.56 Å². The fourth-order valence-electron chi connectivity index (χ4n) is 1.64. The molecule has 0 aliphatic heterocycles. The molecule has 0 aliphatic rings. The predicted octanol–water partition coefficient (Wildman–Crippen LogP) is 4.25. The lowest BCUT2D eigenvalue weighted by Gasteiger charge is -1.92. The zero-order chi connectivity index (χ0) is 13.8. The number of hydrogen-bond donors (Lipinski definition) is 0. The van der Waals surface area contributed by atoms with Gasteiger partial charge in [0.1, 0.15) is 0 Å². The van der Waals surface area contributed by atoms with Gasteiger partial charge in [-0.05, 0) is 29.8 Å². The summed E-state index contributed by atoms with van der Waals surface area (Å²) in [4.78, 5) is 4.17. The Balaban J connectivity index is 1.79. The zero-order valence-corrected chi connectivity index (χ0v) is 12.0. The van der Waals surface area contributed by atoms with E-state index in [1.54, 1.807) is 6.21 Å². The average molecular weight is 328 g/mol. The third kappa shape index (κ3) is 3.00. The number of nitrogens with zero attached hydrogens (tertiary/aromatic N) is 3. The maximum absolute atomic E-state index is 5.49. The second-order valence-electron chi connectivity index (χ2n) is 4.07. The summed E-state index contributed by atoms with van der Waals surface area (Å²) in [6, 6.07) is 17.6. The standard InChI is InChI=1S/C15H10BrN3O/c16-13-8-6-11(7-9-13)10-17-15-19-18-14(20-15)12-4-2-1-3-5-12/h1-10H/b17-10+. The topological polar surface area (TPSA) is 51.3 Å². The molecule has 1 heterocycles. The lowest BCUT2D eigenvalue weighted by Crippen LogP contribution is -1.78. The Morgan fingerprint density at radius 1 is 0.950 bits per heavy atom. The van der Waals surface area contributed by atoms with Crippen LogP contribution in [0.15, 0.2) is 68.5 Å². The van der Waals surface area contributed by atoms with Crippen LogP contribution >= 0.6 is 15.9 Å². The van der Waals surface area contributed by atoms with Crippen molar-refractivity contribution in [3.05, 3.63) is 64.6 Å². The highest BCUT2D eigenvalue weighted by Crippen LogP contribution is 2.20. The third-order valence-corrected chi connectivity index (χ3v) is 3.16. The van der Waals surface area contributed by atoms with E-state index in [4.69, 9.17) is 4.42 Å². The van der Waals surface area contributed by atoms with Gasteiger partial charge in [0.2, 0.25) is 5.89 Å². The van der Waals surface area contributed by atoms with Crippen molar-refractivity contribution >= 4 is 28.2 Å². The molecule has 3 aromatic rings. The molecule has 20 heavy (non-hydrogen) atoms. The lowest BCUT2D eigenvalue weighted by atomic mass is 10.2. The maximum Gasteiger partial charge on any atom is 0.342 e. The molecule has 0 bridgehead atoms. The van der Waals surface area contributed by atoms with Gasteiger partial charge in [0.25, 0.3) is 0 Å². The molecule has 0 amide bonds. The molecule has 2 aromatic carbocycles. The molecule has 5 heteroatoms. The third-order valence-electron chi connectivity index (χ3n) is 2.63.